The van der Waals surface area contributed by atoms with E-state index in [9.17, 15) is 0 Å². The van der Waals surface area contributed by atoms with Crippen LogP contribution in [0.25, 0.3) is 0 Å². The van der Waals surface area contributed by atoms with Crippen LogP contribution in [0.1, 0.15) is 41.7 Å². The van der Waals surface area contributed by atoms with Crippen molar-refractivity contribution in [1.82, 2.24) is 15.0 Å². The average molecular weight is 379 g/mol. The number of hydrogen-bond acceptors (Lipinski definition) is 6. The van der Waals surface area contributed by atoms with Crippen molar-refractivity contribution in [3.8, 4) is 11.5 Å². The monoisotopic (exact) mass is 379 g/mol. The van der Waals surface area contributed by atoms with Gasteiger partial charge in [0.2, 0.25) is 5.89 Å². The molecule has 0 bridgehead atoms. The smallest absolute Gasteiger partial charge is 0.240 e. The molecular formula is C22H25N3O3. The van der Waals surface area contributed by atoms with Crippen molar-refractivity contribution < 1.29 is 14.0 Å². The molecule has 1 saturated heterocycles. The summed E-state index contributed by atoms with van der Waals surface area (Å²) in [5.74, 6) is 3.09. The Morgan fingerprint density at radius 1 is 1.11 bits per heavy atom. The summed E-state index contributed by atoms with van der Waals surface area (Å²) in [6, 6.07) is 16.4. The summed E-state index contributed by atoms with van der Waals surface area (Å²) in [6.45, 7) is 1.62. The predicted octanol–water partition coefficient (Wildman–Crippen LogP) is 4.01. The second-order valence-electron chi connectivity index (χ2n) is 7.00. The van der Waals surface area contributed by atoms with Crippen LogP contribution in [0.4, 0.5) is 0 Å². The van der Waals surface area contributed by atoms with Gasteiger partial charge in [-0.3, -0.25) is 4.90 Å². The van der Waals surface area contributed by atoms with Crippen molar-refractivity contribution in [2.24, 2.45) is 0 Å². The van der Waals surface area contributed by atoms with Gasteiger partial charge in [0.1, 0.15) is 11.5 Å². The third-order valence-corrected chi connectivity index (χ3v) is 5.21. The van der Waals surface area contributed by atoms with Crippen LogP contribution in [0.15, 0.2) is 53.1 Å². The molecule has 28 heavy (non-hydrogen) atoms. The standard InChI is InChI=1S/C22H25N3O3/c1-26-17-10-11-20(27-2)18(14-17)19-9-6-12-25(19)15-22-23-21(24-28-22)13-16-7-4-3-5-8-16/h3-5,7-8,10-11,14,19H,6,9,12-13,15H2,1-2H3/t19-/m1/s1. The second-order valence-corrected chi connectivity index (χ2v) is 7.00. The minimum Gasteiger partial charge on any atom is -0.497 e. The zero-order chi connectivity index (χ0) is 19.3. The molecule has 0 radical (unpaired) electrons. The van der Waals surface area contributed by atoms with E-state index >= 15 is 0 Å². The van der Waals surface area contributed by atoms with Crippen molar-refractivity contribution in [2.75, 3.05) is 20.8 Å². The fraction of sp³-hybridized carbons (Fsp3) is 0.364. The van der Waals surface area contributed by atoms with Crippen LogP contribution < -0.4 is 9.47 Å². The minimum atomic E-state index is 0.245. The maximum absolute atomic E-state index is 5.59. The van der Waals surface area contributed by atoms with Gasteiger partial charge in [-0.05, 0) is 43.1 Å². The summed E-state index contributed by atoms with van der Waals surface area (Å²) in [7, 11) is 3.39. The third kappa shape index (κ3) is 4.02. The van der Waals surface area contributed by atoms with Crippen LogP contribution in [-0.2, 0) is 13.0 Å². The molecule has 6 nitrogen and oxygen atoms in total. The lowest BCUT2D eigenvalue weighted by molar-refractivity contribution is 0.208. The molecular weight excluding hydrogens is 354 g/mol. The quantitative estimate of drug-likeness (QED) is 0.618. The Morgan fingerprint density at radius 3 is 2.75 bits per heavy atom. The topological polar surface area (TPSA) is 60.6 Å². The van der Waals surface area contributed by atoms with E-state index in [2.05, 4.69) is 33.2 Å². The predicted molar refractivity (Wildman–Crippen MR) is 105 cm³/mol. The summed E-state index contributed by atoms with van der Waals surface area (Å²) in [6.07, 6.45) is 2.86. The lowest BCUT2D eigenvalue weighted by Crippen LogP contribution is -2.23. The number of rotatable bonds is 7. The van der Waals surface area contributed by atoms with Crippen molar-refractivity contribution in [2.45, 2.75) is 31.8 Å². The SMILES string of the molecule is COc1ccc(OC)c([C@H]2CCCN2Cc2nc(Cc3ccccc3)no2)c1. The first-order chi connectivity index (χ1) is 13.8. The van der Waals surface area contributed by atoms with E-state index in [4.69, 9.17) is 14.0 Å². The van der Waals surface area contributed by atoms with E-state index in [-0.39, 0.29) is 6.04 Å². The van der Waals surface area contributed by atoms with Gasteiger partial charge in [-0.1, -0.05) is 35.5 Å². The molecule has 146 valence electrons. The molecule has 6 heteroatoms. The Hall–Kier alpha value is -2.86. The van der Waals surface area contributed by atoms with Crippen molar-refractivity contribution in [3.05, 3.63) is 71.4 Å². The van der Waals surface area contributed by atoms with Crippen LogP contribution in [0.3, 0.4) is 0 Å². The molecule has 2 heterocycles. The van der Waals surface area contributed by atoms with Gasteiger partial charge in [-0.25, -0.2) is 0 Å². The second kappa shape index (κ2) is 8.44. The summed E-state index contributed by atoms with van der Waals surface area (Å²) < 4.78 is 16.5. The van der Waals surface area contributed by atoms with Gasteiger partial charge in [0, 0.05) is 18.0 Å². The van der Waals surface area contributed by atoms with E-state index in [0.29, 0.717) is 18.9 Å². The molecule has 0 amide bonds. The van der Waals surface area contributed by atoms with Gasteiger partial charge >= 0.3 is 0 Å². The summed E-state index contributed by atoms with van der Waals surface area (Å²) in [5.41, 5.74) is 2.32. The Labute approximate surface area is 165 Å². The van der Waals surface area contributed by atoms with Crippen LogP contribution in [0.2, 0.25) is 0 Å². The maximum Gasteiger partial charge on any atom is 0.240 e. The number of ether oxygens (including phenoxy) is 2. The van der Waals surface area contributed by atoms with Crippen LogP contribution in [0.5, 0.6) is 11.5 Å². The molecule has 1 atom stereocenters. The fourth-order valence-corrected chi connectivity index (χ4v) is 3.85. The lowest BCUT2D eigenvalue weighted by atomic mass is 10.0. The molecule has 3 aromatic rings. The summed E-state index contributed by atoms with van der Waals surface area (Å²) >= 11 is 0. The maximum atomic E-state index is 5.59. The highest BCUT2D eigenvalue weighted by molar-refractivity contribution is 5.42. The molecule has 0 spiro atoms. The van der Waals surface area contributed by atoms with Crippen LogP contribution in [0, 0.1) is 0 Å². The Bertz CT molecular complexity index is 910. The van der Waals surface area contributed by atoms with Gasteiger partial charge in [-0.15, -0.1) is 0 Å². The van der Waals surface area contributed by atoms with Crippen LogP contribution >= 0.6 is 0 Å². The molecule has 0 unspecified atom stereocenters. The van der Waals surface area contributed by atoms with Crippen molar-refractivity contribution >= 4 is 0 Å². The van der Waals surface area contributed by atoms with E-state index < -0.39 is 0 Å². The number of aromatic nitrogens is 2. The summed E-state index contributed by atoms with van der Waals surface area (Å²) in [4.78, 5) is 6.97. The van der Waals surface area contributed by atoms with Gasteiger partial charge < -0.3 is 14.0 Å². The first kappa shape index (κ1) is 18.5. The van der Waals surface area contributed by atoms with E-state index in [1.54, 1.807) is 14.2 Å². The minimum absolute atomic E-state index is 0.245. The van der Waals surface area contributed by atoms with Gasteiger partial charge in [0.25, 0.3) is 0 Å². The number of likely N-dealkylation sites (tertiary alicyclic amines) is 1. The molecule has 1 fully saturated rings. The Balaban J connectivity index is 1.49. The molecule has 0 aliphatic carbocycles. The number of methoxy groups -OCH3 is 2. The third-order valence-electron chi connectivity index (χ3n) is 5.21. The van der Waals surface area contributed by atoms with Gasteiger partial charge in [0.05, 0.1) is 20.8 Å². The molecule has 0 saturated carbocycles. The molecule has 1 aliphatic rings. The van der Waals surface area contributed by atoms with E-state index in [1.807, 2.05) is 30.3 Å². The highest BCUT2D eigenvalue weighted by Gasteiger charge is 2.30. The molecule has 1 aromatic heterocycles. The first-order valence-corrected chi connectivity index (χ1v) is 9.58. The highest BCUT2D eigenvalue weighted by Crippen LogP contribution is 2.39. The molecule has 0 N–H and O–H groups in total. The van der Waals surface area contributed by atoms with Gasteiger partial charge in [0.15, 0.2) is 5.82 Å². The molecule has 1 aliphatic heterocycles. The van der Waals surface area contributed by atoms with E-state index in [0.717, 1.165) is 42.3 Å². The largest absolute Gasteiger partial charge is 0.497 e. The Morgan fingerprint density at radius 2 is 1.96 bits per heavy atom. The fourth-order valence-electron chi connectivity index (χ4n) is 3.85. The number of hydrogen-bond donors (Lipinski definition) is 0. The van der Waals surface area contributed by atoms with Crippen LogP contribution in [-0.4, -0.2) is 35.8 Å². The zero-order valence-electron chi connectivity index (χ0n) is 16.3. The van der Waals surface area contributed by atoms with Gasteiger partial charge in [-0.2, -0.15) is 4.98 Å². The molecule has 2 aromatic carbocycles. The Kier molecular flexibility index (Phi) is 5.58. The lowest BCUT2D eigenvalue weighted by Gasteiger charge is -2.25. The van der Waals surface area contributed by atoms with E-state index in [1.165, 1.54) is 5.56 Å². The van der Waals surface area contributed by atoms with Crippen molar-refractivity contribution in [1.29, 1.82) is 0 Å². The highest BCUT2D eigenvalue weighted by atomic mass is 16.5. The number of benzene rings is 2. The number of nitrogens with zero attached hydrogens (tertiary/aromatic N) is 3. The molecule has 4 rings (SSSR count). The first-order valence-electron chi connectivity index (χ1n) is 9.58. The summed E-state index contributed by atoms with van der Waals surface area (Å²) in [5, 5.41) is 4.15. The zero-order valence-corrected chi connectivity index (χ0v) is 16.3. The van der Waals surface area contributed by atoms with Crippen molar-refractivity contribution in [3.63, 3.8) is 0 Å². The normalized spacial score (nSPS) is 17.0. The average Bonchev–Trinajstić information content (AvgIpc) is 3.38.